The topological polar surface area (TPSA) is 51.8 Å². The van der Waals surface area contributed by atoms with Crippen LogP contribution in [0.5, 0.6) is 0 Å². The van der Waals surface area contributed by atoms with E-state index in [0.717, 1.165) is 52.5 Å². The molecule has 0 amide bonds. The maximum absolute atomic E-state index is 6.30. The van der Waals surface area contributed by atoms with Crippen LogP contribution in [-0.2, 0) is 12.8 Å². The lowest BCUT2D eigenvalue weighted by molar-refractivity contribution is 0.668. The fraction of sp³-hybridized carbons (Fsp3) is 0.0789. The Morgan fingerprint density at radius 3 is 2.26 bits per heavy atom. The molecule has 42 heavy (non-hydrogen) atoms. The van der Waals surface area contributed by atoms with Gasteiger partial charge in [-0.3, -0.25) is 0 Å². The number of aryl methyl sites for hydroxylation is 1. The minimum Gasteiger partial charge on any atom is -0.456 e. The largest absolute Gasteiger partial charge is 0.456 e. The maximum atomic E-state index is 6.30. The predicted molar refractivity (Wildman–Crippen MR) is 169 cm³/mol. The summed E-state index contributed by atoms with van der Waals surface area (Å²) in [6, 6.07) is 35.9. The Balaban J connectivity index is 1.26. The van der Waals surface area contributed by atoms with Crippen LogP contribution in [-0.4, -0.2) is 15.0 Å². The lowest BCUT2D eigenvalue weighted by atomic mass is 9.92. The third-order valence-corrected chi connectivity index (χ3v) is 8.66. The number of benzene rings is 5. The van der Waals surface area contributed by atoms with E-state index in [4.69, 9.17) is 19.4 Å². The molecule has 2 aromatic heterocycles. The molecule has 0 radical (unpaired) electrons. The van der Waals surface area contributed by atoms with Gasteiger partial charge in [0.2, 0.25) is 0 Å². The van der Waals surface area contributed by atoms with E-state index in [1.54, 1.807) is 0 Å². The Bertz CT molecular complexity index is 2230. The van der Waals surface area contributed by atoms with Gasteiger partial charge in [0.1, 0.15) is 11.2 Å². The molecule has 2 aliphatic rings. The van der Waals surface area contributed by atoms with Crippen LogP contribution in [0.3, 0.4) is 0 Å². The molecule has 0 atom stereocenters. The molecular weight excluding hydrogens is 514 g/mol. The quantitative estimate of drug-likeness (QED) is 0.224. The molecule has 9 rings (SSSR count). The molecule has 0 spiro atoms. The number of furan rings is 1. The minimum absolute atomic E-state index is 0.660. The molecule has 4 nitrogen and oxygen atoms in total. The number of rotatable bonds is 3. The highest BCUT2D eigenvalue weighted by atomic mass is 16.3. The smallest absolute Gasteiger partial charge is 0.164 e. The molecule has 0 unspecified atom stereocenters. The zero-order valence-corrected chi connectivity index (χ0v) is 22.8. The van der Waals surface area contributed by atoms with Gasteiger partial charge in [-0.1, -0.05) is 91.0 Å². The van der Waals surface area contributed by atoms with Gasteiger partial charge < -0.3 is 4.42 Å². The van der Waals surface area contributed by atoms with Crippen molar-refractivity contribution < 1.29 is 4.42 Å². The van der Waals surface area contributed by atoms with Crippen LogP contribution < -0.4 is 0 Å². The predicted octanol–water partition coefficient (Wildman–Crippen LogP) is 9.30. The molecule has 0 saturated carbocycles. The van der Waals surface area contributed by atoms with Crippen LogP contribution in [0.2, 0.25) is 0 Å². The van der Waals surface area contributed by atoms with Crippen LogP contribution in [0.25, 0.3) is 73.3 Å². The average Bonchev–Trinajstić information content (AvgIpc) is 3.63. The second kappa shape index (κ2) is 9.08. The SMILES string of the molecule is C1=Cc2ccc3oc4ccc(-c5nc(-c6ccccc6)nc(-c6cccc7c6Cc6ccccc6-7)n5)cc4c3c2CC1. The Morgan fingerprint density at radius 1 is 0.571 bits per heavy atom. The first-order valence-electron chi connectivity index (χ1n) is 14.5. The molecule has 2 heterocycles. The van der Waals surface area contributed by atoms with E-state index < -0.39 is 0 Å². The van der Waals surface area contributed by atoms with E-state index in [2.05, 4.69) is 97.1 Å². The van der Waals surface area contributed by atoms with Crippen molar-refractivity contribution in [3.05, 3.63) is 131 Å². The molecule has 4 heteroatoms. The second-order valence-corrected chi connectivity index (χ2v) is 11.1. The summed E-state index contributed by atoms with van der Waals surface area (Å²) < 4.78 is 6.30. The van der Waals surface area contributed by atoms with E-state index in [1.807, 2.05) is 18.2 Å². The van der Waals surface area contributed by atoms with E-state index in [-0.39, 0.29) is 0 Å². The van der Waals surface area contributed by atoms with Gasteiger partial charge in [-0.25, -0.2) is 15.0 Å². The summed E-state index contributed by atoms with van der Waals surface area (Å²) in [6.45, 7) is 0. The molecule has 7 aromatic rings. The highest BCUT2D eigenvalue weighted by Crippen LogP contribution is 2.42. The number of hydrogen-bond donors (Lipinski definition) is 0. The van der Waals surface area contributed by atoms with Gasteiger partial charge in [-0.05, 0) is 76.9 Å². The summed E-state index contributed by atoms with van der Waals surface area (Å²) in [5.41, 5.74) is 12.6. The van der Waals surface area contributed by atoms with Crippen molar-refractivity contribution in [1.29, 1.82) is 0 Å². The van der Waals surface area contributed by atoms with Gasteiger partial charge in [0.25, 0.3) is 0 Å². The molecule has 0 saturated heterocycles. The zero-order valence-electron chi connectivity index (χ0n) is 22.8. The standard InChI is InChI=1S/C38H25N3O/c1-2-10-24(11-3-1)36-39-37(41-38(40-36)30-16-8-15-29-27-13-6-5-12-25(27)21-31(29)30)26-18-19-33-32(22-26)35-28-14-7-4-9-23(28)17-20-34(35)42-33/h1-6,8-13,15-20,22H,7,14,21H2. The molecule has 0 N–H and O–H groups in total. The Labute approximate surface area is 243 Å². The van der Waals surface area contributed by atoms with Crippen LogP contribution in [0.1, 0.15) is 28.7 Å². The zero-order chi connectivity index (χ0) is 27.6. The number of fused-ring (bicyclic) bond motifs is 8. The molecule has 5 aromatic carbocycles. The first kappa shape index (κ1) is 23.4. The maximum Gasteiger partial charge on any atom is 0.164 e. The van der Waals surface area contributed by atoms with Gasteiger partial charge in [0.05, 0.1) is 0 Å². The summed E-state index contributed by atoms with van der Waals surface area (Å²) in [6.07, 6.45) is 7.40. The minimum atomic E-state index is 0.660. The van der Waals surface area contributed by atoms with Crippen molar-refractivity contribution >= 4 is 28.0 Å². The molecule has 0 aliphatic heterocycles. The lowest BCUT2D eigenvalue weighted by Crippen LogP contribution is -2.01. The molecule has 0 fully saturated rings. The number of aromatic nitrogens is 3. The van der Waals surface area contributed by atoms with Gasteiger partial charge in [0, 0.05) is 27.5 Å². The third kappa shape index (κ3) is 3.58. The van der Waals surface area contributed by atoms with Crippen molar-refractivity contribution in [1.82, 2.24) is 15.0 Å². The Hall–Kier alpha value is -5.35. The van der Waals surface area contributed by atoms with Gasteiger partial charge >= 0.3 is 0 Å². The number of nitrogens with zero attached hydrogens (tertiary/aromatic N) is 3. The summed E-state index contributed by atoms with van der Waals surface area (Å²) >= 11 is 0. The fourth-order valence-electron chi connectivity index (χ4n) is 6.67. The lowest BCUT2D eigenvalue weighted by Gasteiger charge is -2.12. The monoisotopic (exact) mass is 539 g/mol. The first-order chi connectivity index (χ1) is 20.8. The Morgan fingerprint density at radius 2 is 1.33 bits per heavy atom. The molecule has 0 bridgehead atoms. The highest BCUT2D eigenvalue weighted by Gasteiger charge is 2.24. The van der Waals surface area contributed by atoms with Crippen molar-refractivity contribution in [3.63, 3.8) is 0 Å². The van der Waals surface area contributed by atoms with Crippen LogP contribution >= 0.6 is 0 Å². The van der Waals surface area contributed by atoms with E-state index >= 15 is 0 Å². The van der Waals surface area contributed by atoms with Crippen LogP contribution in [0.15, 0.2) is 114 Å². The van der Waals surface area contributed by atoms with Crippen molar-refractivity contribution in [3.8, 4) is 45.3 Å². The molecule has 198 valence electrons. The van der Waals surface area contributed by atoms with Gasteiger partial charge in [-0.15, -0.1) is 0 Å². The summed E-state index contributed by atoms with van der Waals surface area (Å²) in [7, 11) is 0. The van der Waals surface area contributed by atoms with Gasteiger partial charge in [0.15, 0.2) is 17.5 Å². The Kier molecular flexibility index (Phi) is 5.05. The van der Waals surface area contributed by atoms with E-state index in [0.29, 0.717) is 17.5 Å². The highest BCUT2D eigenvalue weighted by molar-refractivity contribution is 6.09. The van der Waals surface area contributed by atoms with E-state index in [9.17, 15) is 0 Å². The fourth-order valence-corrected chi connectivity index (χ4v) is 6.67. The van der Waals surface area contributed by atoms with Crippen molar-refractivity contribution in [2.45, 2.75) is 19.3 Å². The van der Waals surface area contributed by atoms with E-state index in [1.165, 1.54) is 38.8 Å². The first-order valence-corrected chi connectivity index (χ1v) is 14.5. The molecule has 2 aliphatic carbocycles. The van der Waals surface area contributed by atoms with Gasteiger partial charge in [-0.2, -0.15) is 0 Å². The van der Waals surface area contributed by atoms with Crippen molar-refractivity contribution in [2.75, 3.05) is 0 Å². The number of allylic oxidation sites excluding steroid dienone is 1. The van der Waals surface area contributed by atoms with Crippen LogP contribution in [0.4, 0.5) is 0 Å². The van der Waals surface area contributed by atoms with Crippen molar-refractivity contribution in [2.24, 2.45) is 0 Å². The number of hydrogen-bond acceptors (Lipinski definition) is 4. The summed E-state index contributed by atoms with van der Waals surface area (Å²) in [4.78, 5) is 15.2. The van der Waals surface area contributed by atoms with Crippen LogP contribution in [0, 0.1) is 0 Å². The second-order valence-electron chi connectivity index (χ2n) is 11.1. The normalized spacial score (nSPS) is 13.3. The third-order valence-electron chi connectivity index (χ3n) is 8.66. The molecular formula is C38H25N3O. The summed E-state index contributed by atoms with van der Waals surface area (Å²) in [5.74, 6) is 2.03. The average molecular weight is 540 g/mol. The summed E-state index contributed by atoms with van der Waals surface area (Å²) in [5, 5.41) is 2.30.